The van der Waals surface area contributed by atoms with Crippen LogP contribution in [0.5, 0.6) is 17.2 Å². The molecule has 142 valence electrons. The number of nitro groups is 1. The minimum Gasteiger partial charge on any atom is -0.493 e. The molecule has 2 aromatic rings. The van der Waals surface area contributed by atoms with Crippen LogP contribution in [0, 0.1) is 17.0 Å². The minimum atomic E-state index is -0.872. The Hall–Kier alpha value is -3.06. The van der Waals surface area contributed by atoms with Crippen LogP contribution in [0.1, 0.15) is 18.1 Å². The average Bonchev–Trinajstić information content (AvgIpc) is 2.62. The number of methoxy groups -OCH3 is 1. The maximum Gasteiger partial charge on any atom is 0.352 e. The highest BCUT2D eigenvalue weighted by molar-refractivity contribution is 6.30. The number of ether oxygens (including phenoxy) is 3. The monoisotopic (exact) mass is 391 g/mol. The summed E-state index contributed by atoms with van der Waals surface area (Å²) in [6.07, 6.45) is 1.25. The second-order valence-electron chi connectivity index (χ2n) is 5.60. The first-order valence-electron chi connectivity index (χ1n) is 7.94. The number of hydrogen-bond acceptors (Lipinski definition) is 6. The first-order chi connectivity index (χ1) is 12.8. The second-order valence-corrected chi connectivity index (χ2v) is 6.04. The van der Waals surface area contributed by atoms with Crippen molar-refractivity contribution >= 4 is 23.6 Å². The molecule has 1 atom stereocenters. The zero-order valence-corrected chi connectivity index (χ0v) is 15.7. The fourth-order valence-electron chi connectivity index (χ4n) is 2.19. The van der Waals surface area contributed by atoms with Gasteiger partial charge in [-0.2, -0.15) is 0 Å². The van der Waals surface area contributed by atoms with E-state index in [0.29, 0.717) is 16.3 Å². The molecular formula is C19H18ClNO6. The molecule has 0 aliphatic carbocycles. The van der Waals surface area contributed by atoms with Crippen molar-refractivity contribution < 1.29 is 23.9 Å². The van der Waals surface area contributed by atoms with E-state index in [1.54, 1.807) is 31.2 Å². The Kier molecular flexibility index (Phi) is 6.79. The largest absolute Gasteiger partial charge is 0.493 e. The fourth-order valence-corrected chi connectivity index (χ4v) is 2.42. The number of halogens is 1. The zero-order chi connectivity index (χ0) is 20.0. The molecule has 0 radical (unpaired) electrons. The molecule has 8 heteroatoms. The SMILES string of the molecule is COc1cc(/C=C/[N+](=O)[O-])ccc1OC(=O)C(C)Oc1ccc(Cl)cc1C. The summed E-state index contributed by atoms with van der Waals surface area (Å²) < 4.78 is 16.2. The van der Waals surface area contributed by atoms with E-state index in [1.807, 2.05) is 6.92 Å². The van der Waals surface area contributed by atoms with Gasteiger partial charge < -0.3 is 14.2 Å². The molecule has 0 heterocycles. The molecule has 0 bridgehead atoms. The number of carbonyl (C=O) groups excluding carboxylic acids is 1. The van der Waals surface area contributed by atoms with Crippen LogP contribution in [0.3, 0.4) is 0 Å². The van der Waals surface area contributed by atoms with Crippen molar-refractivity contribution in [3.63, 3.8) is 0 Å². The summed E-state index contributed by atoms with van der Waals surface area (Å²) in [6.45, 7) is 3.39. The Bertz CT molecular complexity index is 880. The van der Waals surface area contributed by atoms with Gasteiger partial charge in [0.2, 0.25) is 6.20 Å². The minimum absolute atomic E-state index is 0.184. The predicted molar refractivity (Wildman–Crippen MR) is 101 cm³/mol. The molecule has 0 aliphatic rings. The van der Waals surface area contributed by atoms with Crippen LogP contribution in [0.15, 0.2) is 42.6 Å². The van der Waals surface area contributed by atoms with Crippen molar-refractivity contribution in [2.45, 2.75) is 20.0 Å². The molecule has 0 spiro atoms. The van der Waals surface area contributed by atoms with E-state index in [9.17, 15) is 14.9 Å². The highest BCUT2D eigenvalue weighted by Crippen LogP contribution is 2.29. The summed E-state index contributed by atoms with van der Waals surface area (Å²) in [6, 6.07) is 9.67. The Balaban J connectivity index is 2.10. The van der Waals surface area contributed by atoms with Gasteiger partial charge in [-0.1, -0.05) is 17.7 Å². The second kappa shape index (κ2) is 9.05. The third-order valence-electron chi connectivity index (χ3n) is 3.56. The van der Waals surface area contributed by atoms with Gasteiger partial charge in [-0.05, 0) is 55.3 Å². The van der Waals surface area contributed by atoms with Gasteiger partial charge in [0.1, 0.15) is 5.75 Å². The van der Waals surface area contributed by atoms with Gasteiger partial charge in [0.05, 0.1) is 12.0 Å². The molecule has 2 rings (SSSR count). The molecule has 0 aromatic heterocycles. The number of hydrogen-bond donors (Lipinski definition) is 0. The van der Waals surface area contributed by atoms with Crippen LogP contribution in [-0.2, 0) is 4.79 Å². The number of aryl methyl sites for hydroxylation is 1. The van der Waals surface area contributed by atoms with Crippen LogP contribution in [0.2, 0.25) is 5.02 Å². The number of benzene rings is 2. The summed E-state index contributed by atoms with van der Waals surface area (Å²) in [7, 11) is 1.41. The van der Waals surface area contributed by atoms with Crippen LogP contribution in [0.25, 0.3) is 6.08 Å². The lowest BCUT2D eigenvalue weighted by Crippen LogP contribution is -2.28. The van der Waals surface area contributed by atoms with Crippen LogP contribution >= 0.6 is 11.6 Å². The summed E-state index contributed by atoms with van der Waals surface area (Å²) in [4.78, 5) is 22.2. The van der Waals surface area contributed by atoms with Crippen molar-refractivity contribution in [3.05, 3.63) is 68.9 Å². The van der Waals surface area contributed by atoms with E-state index in [4.69, 9.17) is 25.8 Å². The molecule has 2 aromatic carbocycles. The van der Waals surface area contributed by atoms with Crippen molar-refractivity contribution in [2.75, 3.05) is 7.11 Å². The normalized spacial score (nSPS) is 11.9. The lowest BCUT2D eigenvalue weighted by Gasteiger charge is -2.16. The summed E-state index contributed by atoms with van der Waals surface area (Å²) in [5.41, 5.74) is 1.33. The van der Waals surface area contributed by atoms with Crippen LogP contribution in [-0.4, -0.2) is 24.1 Å². The Morgan fingerprint density at radius 1 is 1.19 bits per heavy atom. The standard InChI is InChI=1S/C19H18ClNO6/c1-12-10-15(20)5-7-16(12)26-13(2)19(22)27-17-6-4-14(8-9-21(23)24)11-18(17)25-3/h4-11,13H,1-3H3/b9-8+. The third kappa shape index (κ3) is 5.72. The van der Waals surface area contributed by atoms with Gasteiger partial charge in [0, 0.05) is 11.1 Å². The van der Waals surface area contributed by atoms with Gasteiger partial charge in [0.15, 0.2) is 17.6 Å². The average molecular weight is 392 g/mol. The van der Waals surface area contributed by atoms with Gasteiger partial charge in [-0.25, -0.2) is 4.79 Å². The topological polar surface area (TPSA) is 87.9 Å². The Labute approximate surface area is 161 Å². The van der Waals surface area contributed by atoms with Crippen molar-refractivity contribution in [3.8, 4) is 17.2 Å². The summed E-state index contributed by atoms with van der Waals surface area (Å²) in [5, 5.41) is 11.0. The van der Waals surface area contributed by atoms with Crippen LogP contribution < -0.4 is 14.2 Å². The molecule has 0 saturated carbocycles. The van der Waals surface area contributed by atoms with E-state index in [2.05, 4.69) is 0 Å². The van der Waals surface area contributed by atoms with Gasteiger partial charge in [-0.3, -0.25) is 10.1 Å². The van der Waals surface area contributed by atoms with Gasteiger partial charge >= 0.3 is 5.97 Å². The quantitative estimate of drug-likeness (QED) is 0.303. The highest BCUT2D eigenvalue weighted by atomic mass is 35.5. The summed E-state index contributed by atoms with van der Waals surface area (Å²) in [5.74, 6) is 0.361. The number of nitrogens with zero attached hydrogens (tertiary/aromatic N) is 1. The molecule has 0 saturated heterocycles. The maximum atomic E-state index is 12.3. The van der Waals surface area contributed by atoms with E-state index in [1.165, 1.54) is 25.3 Å². The summed E-state index contributed by atoms with van der Waals surface area (Å²) >= 11 is 5.91. The van der Waals surface area contributed by atoms with E-state index in [-0.39, 0.29) is 11.5 Å². The van der Waals surface area contributed by atoms with E-state index in [0.717, 1.165) is 11.8 Å². The van der Waals surface area contributed by atoms with Crippen molar-refractivity contribution in [2.24, 2.45) is 0 Å². The van der Waals surface area contributed by atoms with E-state index < -0.39 is 17.0 Å². The molecule has 1 unspecified atom stereocenters. The number of rotatable bonds is 7. The lowest BCUT2D eigenvalue weighted by molar-refractivity contribution is -0.400. The van der Waals surface area contributed by atoms with Crippen LogP contribution in [0.4, 0.5) is 0 Å². The first-order valence-corrected chi connectivity index (χ1v) is 8.32. The smallest absolute Gasteiger partial charge is 0.352 e. The Morgan fingerprint density at radius 2 is 1.89 bits per heavy atom. The maximum absolute atomic E-state index is 12.3. The van der Waals surface area contributed by atoms with Crippen molar-refractivity contribution in [1.82, 2.24) is 0 Å². The van der Waals surface area contributed by atoms with E-state index >= 15 is 0 Å². The van der Waals surface area contributed by atoms with Gasteiger partial charge in [0.25, 0.3) is 0 Å². The third-order valence-corrected chi connectivity index (χ3v) is 3.79. The van der Waals surface area contributed by atoms with Crippen molar-refractivity contribution in [1.29, 1.82) is 0 Å². The molecule has 7 nitrogen and oxygen atoms in total. The number of esters is 1. The lowest BCUT2D eigenvalue weighted by atomic mass is 10.2. The highest BCUT2D eigenvalue weighted by Gasteiger charge is 2.20. The van der Waals surface area contributed by atoms with Gasteiger partial charge in [-0.15, -0.1) is 0 Å². The fraction of sp³-hybridized carbons (Fsp3) is 0.211. The zero-order valence-electron chi connectivity index (χ0n) is 15.0. The molecular weight excluding hydrogens is 374 g/mol. The molecule has 0 amide bonds. The predicted octanol–water partition coefficient (Wildman–Crippen LogP) is 4.28. The molecule has 0 N–H and O–H groups in total. The molecule has 0 aliphatic heterocycles. The Morgan fingerprint density at radius 3 is 2.52 bits per heavy atom. The molecule has 0 fully saturated rings. The number of carbonyl (C=O) groups is 1. The molecule has 27 heavy (non-hydrogen) atoms. The first kappa shape index (κ1) is 20.3.